The van der Waals surface area contributed by atoms with Gasteiger partial charge in [-0.05, 0) is 32.2 Å². The molecule has 0 aromatic carbocycles. The highest BCUT2D eigenvalue weighted by Crippen LogP contribution is 2.18. The van der Waals surface area contributed by atoms with Crippen molar-refractivity contribution in [2.45, 2.75) is 38.8 Å². The molecule has 4 heteroatoms. The number of carbonyl (C=O) groups is 1. The van der Waals surface area contributed by atoms with Crippen molar-refractivity contribution in [3.05, 3.63) is 22.4 Å². The molecule has 3 N–H and O–H groups in total. The van der Waals surface area contributed by atoms with E-state index in [-0.39, 0.29) is 11.9 Å². The lowest BCUT2D eigenvalue weighted by atomic mass is 10.0. The van der Waals surface area contributed by atoms with Gasteiger partial charge in [0, 0.05) is 16.8 Å². The van der Waals surface area contributed by atoms with E-state index < -0.39 is 5.54 Å². The summed E-state index contributed by atoms with van der Waals surface area (Å²) in [5, 5.41) is 4.94. The van der Waals surface area contributed by atoms with Gasteiger partial charge in [0.05, 0.1) is 6.04 Å². The second-order valence-corrected chi connectivity index (χ2v) is 5.45. The Kier molecular flexibility index (Phi) is 3.88. The number of nitrogens with one attached hydrogen (secondary N) is 1. The molecule has 0 bridgehead atoms. The first kappa shape index (κ1) is 12.2. The van der Waals surface area contributed by atoms with Gasteiger partial charge < -0.3 is 11.1 Å². The van der Waals surface area contributed by atoms with Crippen LogP contribution in [0.5, 0.6) is 0 Å². The van der Waals surface area contributed by atoms with E-state index in [1.165, 1.54) is 0 Å². The molecule has 1 amide bonds. The summed E-state index contributed by atoms with van der Waals surface area (Å²) in [6, 6.07) is 4.07. The first-order valence-corrected chi connectivity index (χ1v) is 5.88. The monoisotopic (exact) mass is 226 g/mol. The van der Waals surface area contributed by atoms with Crippen LogP contribution in [0.2, 0.25) is 0 Å². The minimum absolute atomic E-state index is 0.00315. The van der Waals surface area contributed by atoms with Crippen molar-refractivity contribution in [1.82, 2.24) is 5.32 Å². The highest BCUT2D eigenvalue weighted by molar-refractivity contribution is 7.10. The summed E-state index contributed by atoms with van der Waals surface area (Å²) in [6.45, 7) is 5.68. The maximum Gasteiger partial charge on any atom is 0.222 e. The van der Waals surface area contributed by atoms with E-state index in [9.17, 15) is 4.79 Å². The molecule has 0 aliphatic heterocycles. The number of nitrogens with two attached hydrogens (primary N) is 1. The van der Waals surface area contributed by atoms with Crippen LogP contribution in [0.3, 0.4) is 0 Å². The third kappa shape index (κ3) is 4.44. The van der Waals surface area contributed by atoms with Crippen molar-refractivity contribution in [1.29, 1.82) is 0 Å². The van der Waals surface area contributed by atoms with Crippen LogP contribution in [0, 0.1) is 0 Å². The Bertz CT molecular complexity index is 314. The topological polar surface area (TPSA) is 55.1 Å². The van der Waals surface area contributed by atoms with Gasteiger partial charge in [-0.3, -0.25) is 4.79 Å². The van der Waals surface area contributed by atoms with Crippen molar-refractivity contribution < 1.29 is 4.79 Å². The van der Waals surface area contributed by atoms with E-state index >= 15 is 0 Å². The molecule has 0 saturated heterocycles. The molecule has 3 nitrogen and oxygen atoms in total. The zero-order valence-corrected chi connectivity index (χ0v) is 10.2. The minimum atomic E-state index is -0.445. The molecule has 1 atom stereocenters. The van der Waals surface area contributed by atoms with Crippen molar-refractivity contribution in [3.8, 4) is 0 Å². The molecule has 0 aliphatic carbocycles. The van der Waals surface area contributed by atoms with Gasteiger partial charge in [-0.25, -0.2) is 0 Å². The fraction of sp³-hybridized carbons (Fsp3) is 0.545. The Morgan fingerprint density at radius 1 is 1.67 bits per heavy atom. The van der Waals surface area contributed by atoms with Crippen molar-refractivity contribution >= 4 is 17.2 Å². The first-order valence-electron chi connectivity index (χ1n) is 5.00. The molecular weight excluding hydrogens is 208 g/mol. The van der Waals surface area contributed by atoms with Crippen LogP contribution >= 0.6 is 11.3 Å². The van der Waals surface area contributed by atoms with Gasteiger partial charge in [-0.2, -0.15) is 0 Å². The number of carbonyl (C=O) groups excluding carboxylic acids is 1. The number of hydrogen-bond acceptors (Lipinski definition) is 3. The van der Waals surface area contributed by atoms with E-state index in [0.29, 0.717) is 6.42 Å². The predicted octanol–water partition coefficient (Wildman–Crippen LogP) is 2.05. The first-order chi connectivity index (χ1) is 6.88. The quantitative estimate of drug-likeness (QED) is 0.825. The molecule has 0 saturated carbocycles. The number of rotatable bonds is 4. The van der Waals surface area contributed by atoms with E-state index in [1.54, 1.807) is 11.3 Å². The highest BCUT2D eigenvalue weighted by Gasteiger charge is 2.18. The van der Waals surface area contributed by atoms with Gasteiger partial charge in [0.15, 0.2) is 0 Å². The van der Waals surface area contributed by atoms with Crippen LogP contribution in [0.1, 0.15) is 38.1 Å². The summed E-state index contributed by atoms with van der Waals surface area (Å²) >= 11 is 1.65. The Morgan fingerprint density at radius 2 is 2.33 bits per heavy atom. The van der Waals surface area contributed by atoms with Gasteiger partial charge in [0.2, 0.25) is 5.91 Å². The van der Waals surface area contributed by atoms with Crippen molar-refractivity contribution in [3.63, 3.8) is 0 Å². The molecule has 0 fully saturated rings. The third-order valence-electron chi connectivity index (χ3n) is 1.96. The molecule has 84 valence electrons. The third-order valence-corrected chi connectivity index (χ3v) is 3.02. The van der Waals surface area contributed by atoms with Crippen LogP contribution in [0.4, 0.5) is 0 Å². The average molecular weight is 226 g/mol. The number of thiophene rings is 1. The summed E-state index contributed by atoms with van der Waals surface area (Å²) in [5.41, 5.74) is 5.33. The smallest absolute Gasteiger partial charge is 0.222 e. The molecule has 15 heavy (non-hydrogen) atoms. The lowest BCUT2D eigenvalue weighted by Crippen LogP contribution is -2.39. The predicted molar refractivity (Wildman–Crippen MR) is 63.8 cm³/mol. The fourth-order valence-electron chi connectivity index (χ4n) is 1.32. The zero-order valence-electron chi connectivity index (χ0n) is 9.41. The molecule has 0 unspecified atom stereocenters. The van der Waals surface area contributed by atoms with Crippen molar-refractivity contribution in [2.75, 3.05) is 0 Å². The summed E-state index contributed by atoms with van der Waals surface area (Å²) in [6.07, 6.45) is 0.350. The zero-order chi connectivity index (χ0) is 11.5. The highest BCUT2D eigenvalue weighted by atomic mass is 32.1. The maximum atomic E-state index is 11.6. The molecule has 0 radical (unpaired) electrons. The average Bonchev–Trinajstić information content (AvgIpc) is 2.50. The summed E-state index contributed by atoms with van der Waals surface area (Å²) in [7, 11) is 0. The SMILES string of the molecule is C[C@H](NC(=O)CC(C)(C)N)c1cccs1. The summed E-state index contributed by atoms with van der Waals surface area (Å²) in [5.74, 6) is 0.00315. The minimum Gasteiger partial charge on any atom is -0.349 e. The molecule has 0 aliphatic rings. The van der Waals surface area contributed by atoms with E-state index in [2.05, 4.69) is 5.32 Å². The molecule has 0 spiro atoms. The van der Waals surface area contributed by atoms with E-state index in [0.717, 1.165) is 4.88 Å². The molecule has 1 heterocycles. The standard InChI is InChI=1S/C11H18N2OS/c1-8(9-5-4-6-15-9)13-10(14)7-11(2,3)12/h4-6,8H,7,12H2,1-3H3,(H,13,14)/t8-/m0/s1. The molecule has 1 aromatic heterocycles. The molecule has 1 rings (SSSR count). The van der Waals surface area contributed by atoms with E-state index in [1.807, 2.05) is 38.3 Å². The van der Waals surface area contributed by atoms with Crippen LogP contribution in [-0.2, 0) is 4.79 Å². The van der Waals surface area contributed by atoms with Crippen LogP contribution in [0.15, 0.2) is 17.5 Å². The summed E-state index contributed by atoms with van der Waals surface area (Å²) in [4.78, 5) is 12.7. The Morgan fingerprint density at radius 3 is 2.80 bits per heavy atom. The van der Waals surface area contributed by atoms with Gasteiger partial charge in [-0.15, -0.1) is 11.3 Å². The van der Waals surface area contributed by atoms with Crippen LogP contribution < -0.4 is 11.1 Å². The largest absolute Gasteiger partial charge is 0.349 e. The number of amides is 1. The van der Waals surface area contributed by atoms with E-state index in [4.69, 9.17) is 5.73 Å². The Labute approximate surface area is 94.7 Å². The van der Waals surface area contributed by atoms with Crippen LogP contribution in [-0.4, -0.2) is 11.4 Å². The fourth-order valence-corrected chi connectivity index (χ4v) is 2.05. The Balaban J connectivity index is 2.45. The van der Waals surface area contributed by atoms with Crippen LogP contribution in [0.25, 0.3) is 0 Å². The Hall–Kier alpha value is -0.870. The maximum absolute atomic E-state index is 11.6. The van der Waals surface area contributed by atoms with Gasteiger partial charge in [0.25, 0.3) is 0 Å². The van der Waals surface area contributed by atoms with Crippen molar-refractivity contribution in [2.24, 2.45) is 5.73 Å². The molecular formula is C11H18N2OS. The summed E-state index contributed by atoms with van der Waals surface area (Å²) < 4.78 is 0. The lowest BCUT2D eigenvalue weighted by molar-refractivity contribution is -0.122. The number of hydrogen-bond donors (Lipinski definition) is 2. The second kappa shape index (κ2) is 4.77. The van der Waals surface area contributed by atoms with Gasteiger partial charge in [0.1, 0.15) is 0 Å². The van der Waals surface area contributed by atoms with Gasteiger partial charge in [-0.1, -0.05) is 6.07 Å². The normalized spacial score (nSPS) is 13.6. The van der Waals surface area contributed by atoms with Gasteiger partial charge >= 0.3 is 0 Å². The lowest BCUT2D eigenvalue weighted by Gasteiger charge is -2.19. The molecule has 1 aromatic rings. The second-order valence-electron chi connectivity index (χ2n) is 4.47.